The van der Waals surface area contributed by atoms with Crippen LogP contribution in [-0.4, -0.2) is 23.9 Å². The lowest BCUT2D eigenvalue weighted by Crippen LogP contribution is -2.33. The minimum Gasteiger partial charge on any atom is -0.348 e. The average molecular weight is 471 g/mol. The minimum absolute atomic E-state index is 0.200. The van der Waals surface area contributed by atoms with Gasteiger partial charge in [-0.05, 0) is 72.8 Å². The molecule has 6 heteroatoms. The Hall–Kier alpha value is -2.40. The van der Waals surface area contributed by atoms with Crippen LogP contribution in [0.5, 0.6) is 0 Å². The molecule has 0 saturated carbocycles. The molecular formula is C26H25Cl2FN2O. The van der Waals surface area contributed by atoms with Gasteiger partial charge in [0.05, 0.1) is 15.6 Å². The molecule has 4 rings (SSSR count). The van der Waals surface area contributed by atoms with E-state index in [9.17, 15) is 9.18 Å². The molecule has 0 radical (unpaired) electrons. The third kappa shape index (κ3) is 5.50. The van der Waals surface area contributed by atoms with Gasteiger partial charge in [-0.2, -0.15) is 0 Å². The van der Waals surface area contributed by atoms with Gasteiger partial charge in [0, 0.05) is 13.1 Å². The SMILES string of the molecule is O=C(NCc1ccccc1C1CCN(Cc2ccc(F)cc2)CC1)c1cccc(Cl)c1Cl. The molecule has 0 bridgehead atoms. The zero-order valence-corrected chi connectivity index (χ0v) is 19.2. The second-order valence-corrected chi connectivity index (χ2v) is 8.94. The van der Waals surface area contributed by atoms with Gasteiger partial charge >= 0.3 is 0 Å². The molecule has 1 fully saturated rings. The molecule has 1 saturated heterocycles. The molecule has 1 heterocycles. The summed E-state index contributed by atoms with van der Waals surface area (Å²) in [7, 11) is 0. The first-order valence-electron chi connectivity index (χ1n) is 10.8. The first-order chi connectivity index (χ1) is 15.5. The Morgan fingerprint density at radius 1 is 0.969 bits per heavy atom. The van der Waals surface area contributed by atoms with Crippen molar-refractivity contribution in [2.75, 3.05) is 13.1 Å². The number of halogens is 3. The molecule has 3 aromatic carbocycles. The lowest BCUT2D eigenvalue weighted by Gasteiger charge is -2.33. The number of likely N-dealkylation sites (tertiary alicyclic amines) is 1. The van der Waals surface area contributed by atoms with E-state index in [2.05, 4.69) is 28.4 Å². The number of hydrogen-bond acceptors (Lipinski definition) is 2. The number of piperidine rings is 1. The van der Waals surface area contributed by atoms with Gasteiger partial charge in [-0.3, -0.25) is 9.69 Å². The fourth-order valence-electron chi connectivity index (χ4n) is 4.29. The molecule has 1 aliphatic rings. The van der Waals surface area contributed by atoms with Crippen molar-refractivity contribution in [2.45, 2.75) is 31.8 Å². The Morgan fingerprint density at radius 3 is 2.44 bits per heavy atom. The molecule has 3 aromatic rings. The van der Waals surface area contributed by atoms with E-state index in [1.807, 2.05) is 18.2 Å². The Labute approximate surface area is 198 Å². The minimum atomic E-state index is -0.235. The van der Waals surface area contributed by atoms with Crippen molar-refractivity contribution in [3.8, 4) is 0 Å². The lowest BCUT2D eigenvalue weighted by atomic mass is 9.86. The van der Waals surface area contributed by atoms with Crippen molar-refractivity contribution in [1.82, 2.24) is 10.2 Å². The monoisotopic (exact) mass is 470 g/mol. The van der Waals surface area contributed by atoms with E-state index < -0.39 is 0 Å². The lowest BCUT2D eigenvalue weighted by molar-refractivity contribution is 0.0951. The topological polar surface area (TPSA) is 32.3 Å². The van der Waals surface area contributed by atoms with E-state index in [1.165, 1.54) is 17.7 Å². The van der Waals surface area contributed by atoms with E-state index in [-0.39, 0.29) is 16.7 Å². The summed E-state index contributed by atoms with van der Waals surface area (Å²) in [5.41, 5.74) is 3.92. The molecule has 0 spiro atoms. The van der Waals surface area contributed by atoms with Crippen LogP contribution in [0.3, 0.4) is 0 Å². The number of amides is 1. The number of rotatable bonds is 6. The standard InChI is InChI=1S/C26H25Cl2FN2O/c27-24-7-3-6-23(25(24)28)26(32)30-16-20-4-1-2-5-22(20)19-12-14-31(15-13-19)17-18-8-10-21(29)11-9-18/h1-11,19H,12-17H2,(H,30,32). The highest BCUT2D eigenvalue weighted by Gasteiger charge is 2.23. The Balaban J connectivity index is 1.37. The van der Waals surface area contributed by atoms with Crippen LogP contribution in [0.1, 0.15) is 45.8 Å². The third-order valence-electron chi connectivity index (χ3n) is 6.04. The summed E-state index contributed by atoms with van der Waals surface area (Å²) in [6, 6.07) is 20.1. The molecule has 0 atom stereocenters. The first-order valence-corrected chi connectivity index (χ1v) is 11.5. The quantitative estimate of drug-likeness (QED) is 0.449. The van der Waals surface area contributed by atoms with E-state index in [0.29, 0.717) is 23.0 Å². The van der Waals surface area contributed by atoms with Crippen molar-refractivity contribution in [1.29, 1.82) is 0 Å². The predicted octanol–water partition coefficient (Wildman–Crippen LogP) is 6.44. The molecule has 0 unspecified atom stereocenters. The second kappa shape index (κ2) is 10.5. The summed E-state index contributed by atoms with van der Waals surface area (Å²) in [5.74, 6) is 0.0116. The maximum atomic E-state index is 13.1. The van der Waals surface area contributed by atoms with Gasteiger partial charge in [-0.25, -0.2) is 4.39 Å². The van der Waals surface area contributed by atoms with Gasteiger partial charge in [0.15, 0.2) is 0 Å². The summed E-state index contributed by atoms with van der Waals surface area (Å²) in [6.45, 7) is 3.25. The van der Waals surface area contributed by atoms with Crippen LogP contribution in [0.15, 0.2) is 66.7 Å². The molecule has 1 aliphatic heterocycles. The normalized spacial score (nSPS) is 15.0. The summed E-state index contributed by atoms with van der Waals surface area (Å²) in [4.78, 5) is 15.0. The summed E-state index contributed by atoms with van der Waals surface area (Å²) < 4.78 is 13.1. The number of carbonyl (C=O) groups excluding carboxylic acids is 1. The number of hydrogen-bond donors (Lipinski definition) is 1. The number of nitrogens with one attached hydrogen (secondary N) is 1. The Morgan fingerprint density at radius 2 is 1.69 bits per heavy atom. The molecule has 1 N–H and O–H groups in total. The highest BCUT2D eigenvalue weighted by atomic mass is 35.5. The maximum Gasteiger partial charge on any atom is 0.253 e. The van der Waals surface area contributed by atoms with Crippen molar-refractivity contribution in [3.05, 3.63) is 105 Å². The van der Waals surface area contributed by atoms with E-state index in [1.54, 1.807) is 18.2 Å². The van der Waals surface area contributed by atoms with Crippen LogP contribution in [0.4, 0.5) is 4.39 Å². The van der Waals surface area contributed by atoms with E-state index >= 15 is 0 Å². The summed E-state index contributed by atoms with van der Waals surface area (Å²) >= 11 is 12.2. The summed E-state index contributed by atoms with van der Waals surface area (Å²) in [5, 5.41) is 3.63. The molecule has 0 aromatic heterocycles. The van der Waals surface area contributed by atoms with Crippen LogP contribution in [0.25, 0.3) is 0 Å². The van der Waals surface area contributed by atoms with Gasteiger partial charge in [0.25, 0.3) is 5.91 Å². The van der Waals surface area contributed by atoms with Crippen molar-refractivity contribution in [2.24, 2.45) is 0 Å². The highest BCUT2D eigenvalue weighted by Crippen LogP contribution is 2.31. The van der Waals surface area contributed by atoms with Crippen LogP contribution in [0.2, 0.25) is 10.0 Å². The van der Waals surface area contributed by atoms with Gasteiger partial charge in [0.2, 0.25) is 0 Å². The van der Waals surface area contributed by atoms with Crippen molar-refractivity contribution < 1.29 is 9.18 Å². The average Bonchev–Trinajstić information content (AvgIpc) is 2.81. The highest BCUT2D eigenvalue weighted by molar-refractivity contribution is 6.43. The van der Waals surface area contributed by atoms with Crippen LogP contribution < -0.4 is 5.32 Å². The first kappa shape index (κ1) is 22.8. The van der Waals surface area contributed by atoms with Gasteiger partial charge in [0.1, 0.15) is 5.82 Å². The van der Waals surface area contributed by atoms with Crippen LogP contribution >= 0.6 is 23.2 Å². The smallest absolute Gasteiger partial charge is 0.253 e. The largest absolute Gasteiger partial charge is 0.348 e. The fourth-order valence-corrected chi connectivity index (χ4v) is 4.68. The number of benzene rings is 3. The molecule has 32 heavy (non-hydrogen) atoms. The second-order valence-electron chi connectivity index (χ2n) is 8.16. The van der Waals surface area contributed by atoms with Gasteiger partial charge in [-0.15, -0.1) is 0 Å². The number of nitrogens with zero attached hydrogens (tertiary/aromatic N) is 1. The van der Waals surface area contributed by atoms with Crippen molar-refractivity contribution in [3.63, 3.8) is 0 Å². The van der Waals surface area contributed by atoms with Crippen LogP contribution in [0, 0.1) is 5.82 Å². The van der Waals surface area contributed by atoms with Gasteiger partial charge < -0.3 is 5.32 Å². The number of carbonyl (C=O) groups is 1. The molecule has 3 nitrogen and oxygen atoms in total. The Kier molecular flexibility index (Phi) is 7.46. The fraction of sp³-hybridized carbons (Fsp3) is 0.269. The third-order valence-corrected chi connectivity index (χ3v) is 6.86. The molecule has 1 amide bonds. The predicted molar refractivity (Wildman–Crippen MR) is 128 cm³/mol. The van der Waals surface area contributed by atoms with Crippen LogP contribution in [-0.2, 0) is 13.1 Å². The molecular weight excluding hydrogens is 446 g/mol. The molecule has 166 valence electrons. The zero-order valence-electron chi connectivity index (χ0n) is 17.7. The maximum absolute atomic E-state index is 13.1. The Bertz CT molecular complexity index is 1080. The van der Waals surface area contributed by atoms with Gasteiger partial charge in [-0.1, -0.05) is 65.7 Å². The van der Waals surface area contributed by atoms with Crippen molar-refractivity contribution >= 4 is 29.1 Å². The zero-order chi connectivity index (χ0) is 22.5. The molecule has 0 aliphatic carbocycles. The van der Waals surface area contributed by atoms with E-state index in [4.69, 9.17) is 23.2 Å². The van der Waals surface area contributed by atoms with E-state index in [0.717, 1.165) is 43.6 Å². The summed E-state index contributed by atoms with van der Waals surface area (Å²) in [6.07, 6.45) is 2.10.